The van der Waals surface area contributed by atoms with Gasteiger partial charge in [0.05, 0.1) is 18.7 Å². The zero-order valence-corrected chi connectivity index (χ0v) is 16.8. The Kier molecular flexibility index (Phi) is 6.18. The van der Waals surface area contributed by atoms with Crippen LogP contribution in [0.15, 0.2) is 96.2 Å². The average molecular weight is 410 g/mol. The molecule has 0 saturated heterocycles. The number of nitrogens with zero attached hydrogens (tertiary/aromatic N) is 1. The molecule has 0 unspecified atom stereocenters. The molecule has 1 aromatic heterocycles. The van der Waals surface area contributed by atoms with Crippen molar-refractivity contribution in [3.63, 3.8) is 0 Å². The fourth-order valence-electron chi connectivity index (χ4n) is 3.47. The molecule has 4 rings (SSSR count). The van der Waals surface area contributed by atoms with Gasteiger partial charge in [0.25, 0.3) is 5.91 Å². The van der Waals surface area contributed by atoms with E-state index in [0.717, 1.165) is 27.6 Å². The number of aromatic nitrogens is 1. The van der Waals surface area contributed by atoms with E-state index in [0.29, 0.717) is 0 Å². The van der Waals surface area contributed by atoms with Crippen LogP contribution in [-0.4, -0.2) is 29.6 Å². The first-order chi connectivity index (χ1) is 15.2. The lowest BCUT2D eigenvalue weighted by Gasteiger charge is -2.17. The highest BCUT2D eigenvalue weighted by Gasteiger charge is 2.22. The van der Waals surface area contributed by atoms with E-state index in [1.807, 2.05) is 91.1 Å². The number of carbonyl (C=O) groups excluding carboxylic acids is 2. The van der Waals surface area contributed by atoms with Crippen LogP contribution in [0.1, 0.15) is 22.6 Å². The molecule has 4 aromatic rings. The van der Waals surface area contributed by atoms with Gasteiger partial charge in [0, 0.05) is 22.7 Å². The molecule has 0 radical (unpaired) electrons. The number of aromatic amines is 1. The van der Waals surface area contributed by atoms with Gasteiger partial charge < -0.3 is 10.3 Å². The summed E-state index contributed by atoms with van der Waals surface area (Å²) in [5.41, 5.74) is 6.06. The third-order valence-electron chi connectivity index (χ3n) is 4.97. The van der Waals surface area contributed by atoms with E-state index < -0.39 is 11.8 Å². The Hall–Kier alpha value is -4.19. The lowest BCUT2D eigenvalue weighted by Crippen LogP contribution is -2.37. The van der Waals surface area contributed by atoms with E-state index in [9.17, 15) is 9.59 Å². The number of H-pyrrole nitrogens is 1. The molecule has 0 aliphatic heterocycles. The molecule has 0 aliphatic carbocycles. The quantitative estimate of drug-likeness (QED) is 0.321. The van der Waals surface area contributed by atoms with Crippen LogP contribution < -0.4 is 10.7 Å². The molecule has 3 N–H and O–H groups in total. The predicted molar refractivity (Wildman–Crippen MR) is 122 cm³/mol. The van der Waals surface area contributed by atoms with Gasteiger partial charge in [-0.1, -0.05) is 78.9 Å². The largest absolute Gasteiger partial charge is 0.361 e. The topological polar surface area (TPSA) is 86.3 Å². The highest BCUT2D eigenvalue weighted by Crippen LogP contribution is 2.24. The Bertz CT molecular complexity index is 1160. The number of hydrogen-bond donors (Lipinski definition) is 3. The van der Waals surface area contributed by atoms with E-state index >= 15 is 0 Å². The molecule has 0 saturated carbocycles. The summed E-state index contributed by atoms with van der Waals surface area (Å²) in [6.45, 7) is -0.166. The summed E-state index contributed by atoms with van der Waals surface area (Å²) in [7, 11) is 0. The number of carbonyl (C=O) groups is 2. The number of amides is 2. The third kappa shape index (κ3) is 4.87. The van der Waals surface area contributed by atoms with Crippen LogP contribution in [0, 0.1) is 0 Å². The minimum Gasteiger partial charge on any atom is -0.361 e. The molecule has 6 heteroatoms. The summed E-state index contributed by atoms with van der Waals surface area (Å²) in [5, 5.41) is 7.75. The van der Waals surface area contributed by atoms with Gasteiger partial charge in [-0.2, -0.15) is 5.10 Å². The SMILES string of the molecule is O=C(CNC(=O)C(c1ccccc1)c1ccccc1)N/N=C/c1c[nH]c2ccccc12. The fraction of sp³-hybridized carbons (Fsp3) is 0.0800. The second-order valence-corrected chi connectivity index (χ2v) is 7.05. The maximum absolute atomic E-state index is 12.9. The van der Waals surface area contributed by atoms with Gasteiger partial charge in [0.2, 0.25) is 5.91 Å². The van der Waals surface area contributed by atoms with Crippen molar-refractivity contribution in [2.45, 2.75) is 5.92 Å². The Morgan fingerprint density at radius 2 is 1.48 bits per heavy atom. The maximum atomic E-state index is 12.9. The third-order valence-corrected chi connectivity index (χ3v) is 4.97. The van der Waals surface area contributed by atoms with Crippen LogP contribution in [0.2, 0.25) is 0 Å². The molecular weight excluding hydrogens is 388 g/mol. The molecule has 0 aliphatic rings. The number of rotatable bonds is 7. The average Bonchev–Trinajstić information content (AvgIpc) is 3.22. The lowest BCUT2D eigenvalue weighted by molar-refractivity contribution is -0.126. The van der Waals surface area contributed by atoms with E-state index in [2.05, 4.69) is 20.8 Å². The molecule has 0 bridgehead atoms. The molecule has 154 valence electrons. The molecule has 1 heterocycles. The first-order valence-corrected chi connectivity index (χ1v) is 9.98. The molecule has 31 heavy (non-hydrogen) atoms. The Labute approximate surface area is 180 Å². The molecule has 6 nitrogen and oxygen atoms in total. The zero-order chi connectivity index (χ0) is 21.5. The van der Waals surface area contributed by atoms with Gasteiger partial charge in [-0.3, -0.25) is 9.59 Å². The van der Waals surface area contributed by atoms with Crippen molar-refractivity contribution in [3.05, 3.63) is 108 Å². The minimum absolute atomic E-state index is 0.166. The van der Waals surface area contributed by atoms with Gasteiger partial charge in [0.1, 0.15) is 0 Å². The Morgan fingerprint density at radius 3 is 2.16 bits per heavy atom. The van der Waals surface area contributed by atoms with E-state index in [4.69, 9.17) is 0 Å². The molecule has 3 aromatic carbocycles. The summed E-state index contributed by atoms with van der Waals surface area (Å²) in [4.78, 5) is 28.3. The minimum atomic E-state index is -0.495. The van der Waals surface area contributed by atoms with Crippen molar-refractivity contribution in [3.8, 4) is 0 Å². The fourth-order valence-corrected chi connectivity index (χ4v) is 3.47. The van der Waals surface area contributed by atoms with Crippen molar-refractivity contribution in [1.29, 1.82) is 0 Å². The van der Waals surface area contributed by atoms with Gasteiger partial charge in [0.15, 0.2) is 0 Å². The van der Waals surface area contributed by atoms with E-state index in [1.54, 1.807) is 6.21 Å². The maximum Gasteiger partial charge on any atom is 0.259 e. The molecule has 0 spiro atoms. The predicted octanol–water partition coefficient (Wildman–Crippen LogP) is 3.57. The first kappa shape index (κ1) is 20.1. The highest BCUT2D eigenvalue weighted by atomic mass is 16.2. The van der Waals surface area contributed by atoms with Gasteiger partial charge >= 0.3 is 0 Å². The molecule has 0 fully saturated rings. The van der Waals surface area contributed by atoms with Crippen LogP contribution in [0.3, 0.4) is 0 Å². The Balaban J connectivity index is 1.38. The highest BCUT2D eigenvalue weighted by molar-refractivity contribution is 5.99. The number of para-hydroxylation sites is 1. The summed E-state index contributed by atoms with van der Waals surface area (Å²) in [6, 6.07) is 26.8. The zero-order valence-electron chi connectivity index (χ0n) is 16.8. The first-order valence-electron chi connectivity index (χ1n) is 9.98. The molecular formula is C25H22N4O2. The number of hydrazone groups is 1. The van der Waals surface area contributed by atoms with E-state index in [1.165, 1.54) is 0 Å². The van der Waals surface area contributed by atoms with Crippen LogP contribution in [-0.2, 0) is 9.59 Å². The van der Waals surface area contributed by atoms with Gasteiger partial charge in [-0.15, -0.1) is 0 Å². The number of benzene rings is 3. The molecule has 2 amide bonds. The summed E-state index contributed by atoms with van der Waals surface area (Å²) in [5.74, 6) is -1.14. The summed E-state index contributed by atoms with van der Waals surface area (Å²) < 4.78 is 0. The number of fused-ring (bicyclic) bond motifs is 1. The number of hydrogen-bond acceptors (Lipinski definition) is 3. The van der Waals surface area contributed by atoms with Gasteiger partial charge in [-0.25, -0.2) is 5.43 Å². The van der Waals surface area contributed by atoms with Crippen molar-refractivity contribution in [2.24, 2.45) is 5.10 Å². The van der Waals surface area contributed by atoms with Gasteiger partial charge in [-0.05, 0) is 17.2 Å². The number of nitrogens with one attached hydrogen (secondary N) is 3. The van der Waals surface area contributed by atoms with Crippen LogP contribution in [0.4, 0.5) is 0 Å². The van der Waals surface area contributed by atoms with Crippen molar-refractivity contribution in [1.82, 2.24) is 15.7 Å². The Morgan fingerprint density at radius 1 is 0.871 bits per heavy atom. The second-order valence-electron chi connectivity index (χ2n) is 7.05. The summed E-state index contributed by atoms with van der Waals surface area (Å²) >= 11 is 0. The van der Waals surface area contributed by atoms with Crippen molar-refractivity contribution >= 4 is 28.9 Å². The van der Waals surface area contributed by atoms with Crippen LogP contribution >= 0.6 is 0 Å². The van der Waals surface area contributed by atoms with Crippen molar-refractivity contribution < 1.29 is 9.59 Å². The smallest absolute Gasteiger partial charge is 0.259 e. The van der Waals surface area contributed by atoms with E-state index in [-0.39, 0.29) is 12.5 Å². The summed E-state index contributed by atoms with van der Waals surface area (Å²) in [6.07, 6.45) is 3.40. The lowest BCUT2D eigenvalue weighted by atomic mass is 9.90. The van der Waals surface area contributed by atoms with Crippen LogP contribution in [0.25, 0.3) is 10.9 Å². The standard InChI is InChI=1S/C25H22N4O2/c30-23(29-28-16-20-15-26-22-14-8-7-13-21(20)22)17-27-25(31)24(18-9-3-1-4-10-18)19-11-5-2-6-12-19/h1-16,24,26H,17H2,(H,27,31)(H,29,30)/b28-16+. The second kappa shape index (κ2) is 9.54. The normalized spacial score (nSPS) is 11.1. The van der Waals surface area contributed by atoms with Crippen LogP contribution in [0.5, 0.6) is 0 Å². The monoisotopic (exact) mass is 410 g/mol. The van der Waals surface area contributed by atoms with Crippen molar-refractivity contribution in [2.75, 3.05) is 6.54 Å². The molecule has 0 atom stereocenters.